The minimum absolute atomic E-state index is 0.241. The first kappa shape index (κ1) is 16.6. The van der Waals surface area contributed by atoms with Crippen molar-refractivity contribution in [3.05, 3.63) is 65.7 Å². The van der Waals surface area contributed by atoms with Gasteiger partial charge < -0.3 is 4.74 Å². The van der Waals surface area contributed by atoms with Crippen LogP contribution in [-0.4, -0.2) is 30.6 Å². The lowest BCUT2D eigenvalue weighted by Gasteiger charge is -2.25. The summed E-state index contributed by atoms with van der Waals surface area (Å²) in [6, 6.07) is 18.7. The highest BCUT2D eigenvalue weighted by molar-refractivity contribution is 5.28. The summed E-state index contributed by atoms with van der Waals surface area (Å²) >= 11 is 0. The molecule has 3 rings (SSSR count). The van der Waals surface area contributed by atoms with E-state index in [1.165, 1.54) is 11.1 Å². The van der Waals surface area contributed by atoms with Gasteiger partial charge in [0.2, 0.25) is 0 Å². The minimum atomic E-state index is -0.241. The molecule has 0 spiro atoms. The maximum Gasteiger partial charge on any atom is 0.118 e. The van der Waals surface area contributed by atoms with E-state index in [9.17, 15) is 0 Å². The average Bonchev–Trinajstić information content (AvgIpc) is 3.05. The molecule has 3 nitrogen and oxygen atoms in total. The third-order valence-corrected chi connectivity index (χ3v) is 4.66. The number of ether oxygens (including phenoxy) is 1. The zero-order valence-electron chi connectivity index (χ0n) is 14.2. The quantitative estimate of drug-likeness (QED) is 0.828. The Morgan fingerprint density at radius 3 is 2.54 bits per heavy atom. The molecule has 0 radical (unpaired) electrons. The SMILES string of the molecule is C#CC1(NCc2ccc(OC)cc2)CCN(Cc2ccccc2)C1. The Kier molecular flexibility index (Phi) is 5.20. The van der Waals surface area contributed by atoms with Crippen LogP contribution in [0.3, 0.4) is 0 Å². The lowest BCUT2D eigenvalue weighted by atomic mass is 9.99. The Bertz CT molecular complexity index is 690. The Morgan fingerprint density at radius 2 is 1.88 bits per heavy atom. The molecular weight excluding hydrogens is 296 g/mol. The zero-order chi connectivity index (χ0) is 16.8. The second kappa shape index (κ2) is 7.53. The van der Waals surface area contributed by atoms with Crippen LogP contribution in [0.25, 0.3) is 0 Å². The summed E-state index contributed by atoms with van der Waals surface area (Å²) < 4.78 is 5.20. The van der Waals surface area contributed by atoms with Crippen LogP contribution in [0.15, 0.2) is 54.6 Å². The maximum absolute atomic E-state index is 5.88. The molecule has 24 heavy (non-hydrogen) atoms. The summed E-state index contributed by atoms with van der Waals surface area (Å²) in [4.78, 5) is 2.43. The number of nitrogens with one attached hydrogen (secondary N) is 1. The number of hydrogen-bond acceptors (Lipinski definition) is 3. The molecule has 1 aliphatic rings. The van der Waals surface area contributed by atoms with Crippen LogP contribution in [0.5, 0.6) is 5.75 Å². The predicted octanol–water partition coefficient (Wildman–Crippen LogP) is 3.06. The highest BCUT2D eigenvalue weighted by Gasteiger charge is 2.35. The van der Waals surface area contributed by atoms with Crippen molar-refractivity contribution in [1.82, 2.24) is 10.2 Å². The number of methoxy groups -OCH3 is 1. The predicted molar refractivity (Wildman–Crippen MR) is 97.7 cm³/mol. The van der Waals surface area contributed by atoms with Gasteiger partial charge in [-0.25, -0.2) is 0 Å². The summed E-state index contributed by atoms with van der Waals surface area (Å²) in [5, 5.41) is 3.60. The molecule has 0 aliphatic carbocycles. The first-order valence-corrected chi connectivity index (χ1v) is 8.35. The first-order chi connectivity index (χ1) is 11.7. The smallest absolute Gasteiger partial charge is 0.118 e. The molecule has 0 amide bonds. The fourth-order valence-corrected chi connectivity index (χ4v) is 3.19. The van der Waals surface area contributed by atoms with Crippen LogP contribution >= 0.6 is 0 Å². The average molecular weight is 320 g/mol. The number of rotatable bonds is 6. The summed E-state index contributed by atoms with van der Waals surface area (Å²) in [6.07, 6.45) is 6.85. The van der Waals surface area contributed by atoms with E-state index >= 15 is 0 Å². The Labute approximate surface area is 144 Å². The van der Waals surface area contributed by atoms with Gasteiger partial charge in [0.15, 0.2) is 0 Å². The van der Waals surface area contributed by atoms with E-state index in [0.717, 1.165) is 38.3 Å². The van der Waals surface area contributed by atoms with Crippen molar-refractivity contribution >= 4 is 0 Å². The van der Waals surface area contributed by atoms with Gasteiger partial charge in [-0.2, -0.15) is 0 Å². The van der Waals surface area contributed by atoms with Crippen molar-refractivity contribution in [3.63, 3.8) is 0 Å². The molecule has 0 aromatic heterocycles. The number of nitrogens with zero attached hydrogens (tertiary/aromatic N) is 1. The summed E-state index contributed by atoms with van der Waals surface area (Å²) in [6.45, 7) is 3.63. The van der Waals surface area contributed by atoms with Crippen LogP contribution in [0.2, 0.25) is 0 Å². The Balaban J connectivity index is 1.58. The highest BCUT2D eigenvalue weighted by Crippen LogP contribution is 2.23. The molecule has 2 aromatic rings. The third-order valence-electron chi connectivity index (χ3n) is 4.66. The Hall–Kier alpha value is -2.28. The van der Waals surface area contributed by atoms with Crippen molar-refractivity contribution in [2.75, 3.05) is 20.2 Å². The largest absolute Gasteiger partial charge is 0.497 e. The lowest BCUT2D eigenvalue weighted by molar-refractivity contribution is 0.304. The van der Waals surface area contributed by atoms with E-state index in [2.05, 4.69) is 58.6 Å². The van der Waals surface area contributed by atoms with Gasteiger partial charge in [0, 0.05) is 26.2 Å². The van der Waals surface area contributed by atoms with E-state index in [0.29, 0.717) is 0 Å². The summed E-state index contributed by atoms with van der Waals surface area (Å²) in [5.74, 6) is 3.88. The fraction of sp³-hybridized carbons (Fsp3) is 0.333. The monoisotopic (exact) mass is 320 g/mol. The number of hydrogen-bond donors (Lipinski definition) is 1. The van der Waals surface area contributed by atoms with Gasteiger partial charge in [-0.15, -0.1) is 6.42 Å². The van der Waals surface area contributed by atoms with E-state index in [1.807, 2.05) is 12.1 Å². The normalized spacial score (nSPS) is 20.7. The third kappa shape index (κ3) is 3.97. The Morgan fingerprint density at radius 1 is 1.12 bits per heavy atom. The first-order valence-electron chi connectivity index (χ1n) is 8.35. The van der Waals surface area contributed by atoms with Crippen LogP contribution in [0.1, 0.15) is 17.5 Å². The number of likely N-dealkylation sites (tertiary alicyclic amines) is 1. The van der Waals surface area contributed by atoms with E-state index < -0.39 is 0 Å². The molecule has 1 saturated heterocycles. The second-order valence-electron chi connectivity index (χ2n) is 6.37. The van der Waals surface area contributed by atoms with Crippen molar-refractivity contribution in [2.45, 2.75) is 25.0 Å². The van der Waals surface area contributed by atoms with Crippen LogP contribution in [0.4, 0.5) is 0 Å². The maximum atomic E-state index is 5.88. The molecule has 3 heteroatoms. The molecule has 1 atom stereocenters. The lowest BCUT2D eigenvalue weighted by Crippen LogP contribution is -2.45. The molecule has 1 heterocycles. The van der Waals surface area contributed by atoms with Crippen molar-refractivity contribution in [2.24, 2.45) is 0 Å². The molecule has 1 N–H and O–H groups in total. The van der Waals surface area contributed by atoms with E-state index in [1.54, 1.807) is 7.11 Å². The molecule has 2 aromatic carbocycles. The fourth-order valence-electron chi connectivity index (χ4n) is 3.19. The minimum Gasteiger partial charge on any atom is -0.497 e. The molecule has 1 aliphatic heterocycles. The second-order valence-corrected chi connectivity index (χ2v) is 6.37. The van der Waals surface area contributed by atoms with Gasteiger partial charge in [-0.1, -0.05) is 48.4 Å². The molecule has 0 saturated carbocycles. The number of benzene rings is 2. The van der Waals surface area contributed by atoms with Crippen molar-refractivity contribution in [3.8, 4) is 18.1 Å². The molecule has 0 bridgehead atoms. The van der Waals surface area contributed by atoms with Crippen molar-refractivity contribution < 1.29 is 4.74 Å². The van der Waals surface area contributed by atoms with Crippen LogP contribution in [-0.2, 0) is 13.1 Å². The standard InChI is InChI=1S/C21H24N2O/c1-3-21(22-15-18-9-11-20(24-2)12-10-18)13-14-23(17-21)16-19-7-5-4-6-8-19/h1,4-12,22H,13-17H2,2H3. The van der Waals surface area contributed by atoms with Gasteiger partial charge in [-0.3, -0.25) is 10.2 Å². The summed E-state index contributed by atoms with van der Waals surface area (Å²) in [7, 11) is 1.68. The number of terminal acetylenes is 1. The molecule has 1 fully saturated rings. The highest BCUT2D eigenvalue weighted by atomic mass is 16.5. The van der Waals surface area contributed by atoms with Gasteiger partial charge >= 0.3 is 0 Å². The van der Waals surface area contributed by atoms with E-state index in [4.69, 9.17) is 11.2 Å². The van der Waals surface area contributed by atoms with Gasteiger partial charge in [0.1, 0.15) is 5.75 Å². The summed E-state index contributed by atoms with van der Waals surface area (Å²) in [5.41, 5.74) is 2.31. The molecular formula is C21H24N2O. The van der Waals surface area contributed by atoms with Gasteiger partial charge in [0.05, 0.1) is 12.6 Å². The van der Waals surface area contributed by atoms with Gasteiger partial charge in [-0.05, 0) is 29.7 Å². The molecule has 124 valence electrons. The van der Waals surface area contributed by atoms with E-state index in [-0.39, 0.29) is 5.54 Å². The zero-order valence-corrected chi connectivity index (χ0v) is 14.2. The van der Waals surface area contributed by atoms with Crippen molar-refractivity contribution in [1.29, 1.82) is 0 Å². The van der Waals surface area contributed by atoms with Crippen LogP contribution < -0.4 is 10.1 Å². The van der Waals surface area contributed by atoms with Crippen LogP contribution in [0, 0.1) is 12.3 Å². The topological polar surface area (TPSA) is 24.5 Å². The molecule has 1 unspecified atom stereocenters. The van der Waals surface area contributed by atoms with Gasteiger partial charge in [0.25, 0.3) is 0 Å².